The maximum Gasteiger partial charge on any atom is 0.264 e. The molecule has 2 aromatic rings. The van der Waals surface area contributed by atoms with Gasteiger partial charge < -0.3 is 19.5 Å². The number of hydrogen-bond acceptors (Lipinski definition) is 5. The van der Waals surface area contributed by atoms with Crippen molar-refractivity contribution in [2.45, 2.75) is 26.7 Å². The van der Waals surface area contributed by atoms with Crippen LogP contribution in [0.3, 0.4) is 0 Å². The second kappa shape index (κ2) is 10.5. The second-order valence-corrected chi connectivity index (χ2v) is 7.91. The van der Waals surface area contributed by atoms with Crippen LogP contribution in [0.15, 0.2) is 34.8 Å². The van der Waals surface area contributed by atoms with E-state index in [1.54, 1.807) is 32.4 Å². The van der Waals surface area contributed by atoms with Gasteiger partial charge in [0.15, 0.2) is 11.7 Å². The number of carbonyl (C=O) groups excluding carboxylic acids is 1. The Labute approximate surface area is 185 Å². The molecule has 2 aromatic carbocycles. The van der Waals surface area contributed by atoms with E-state index in [-0.39, 0.29) is 23.5 Å². The van der Waals surface area contributed by atoms with E-state index in [1.807, 2.05) is 19.1 Å². The van der Waals surface area contributed by atoms with Crippen LogP contribution in [-0.2, 0) is 4.79 Å². The lowest BCUT2D eigenvalue weighted by Crippen LogP contribution is -2.37. The molecule has 0 fully saturated rings. The highest BCUT2D eigenvalue weighted by molar-refractivity contribution is 9.10. The number of methoxy groups -OCH3 is 2. The highest BCUT2D eigenvalue weighted by Gasteiger charge is 2.14. The number of amides is 1. The molecule has 156 valence electrons. The van der Waals surface area contributed by atoms with E-state index in [2.05, 4.69) is 40.4 Å². The van der Waals surface area contributed by atoms with Crippen LogP contribution in [0.2, 0.25) is 0 Å². The lowest BCUT2D eigenvalue weighted by atomic mass is 10.0. The summed E-state index contributed by atoms with van der Waals surface area (Å²) in [4.78, 5) is 12.3. The molecule has 0 radical (unpaired) electrons. The van der Waals surface area contributed by atoms with Crippen LogP contribution in [0.4, 0.5) is 5.69 Å². The molecule has 0 spiro atoms. The first-order chi connectivity index (χ1) is 13.7. The standard InChI is InChI=1S/C21H25BrN2O4S/c1-12(2)15-10-16(22)13(3)8-19(15)28-11-20(25)24-21(29)23-17-9-14(26-4)6-7-18(17)27-5/h6-10,12H,11H2,1-5H3,(H2,23,24,25,29). The number of nitrogens with one attached hydrogen (secondary N) is 2. The van der Waals surface area contributed by atoms with Gasteiger partial charge in [0.05, 0.1) is 19.9 Å². The maximum atomic E-state index is 12.3. The molecule has 29 heavy (non-hydrogen) atoms. The molecular weight excluding hydrogens is 456 g/mol. The molecule has 0 bridgehead atoms. The molecule has 0 aliphatic heterocycles. The Morgan fingerprint density at radius 2 is 1.86 bits per heavy atom. The first kappa shape index (κ1) is 23.0. The fraction of sp³-hybridized carbons (Fsp3) is 0.333. The monoisotopic (exact) mass is 480 g/mol. The van der Waals surface area contributed by atoms with Crippen molar-refractivity contribution < 1.29 is 19.0 Å². The predicted octanol–water partition coefficient (Wildman–Crippen LogP) is 4.79. The molecule has 0 atom stereocenters. The summed E-state index contributed by atoms with van der Waals surface area (Å²) in [6.07, 6.45) is 0. The molecule has 0 heterocycles. The maximum absolute atomic E-state index is 12.3. The highest BCUT2D eigenvalue weighted by Crippen LogP contribution is 2.32. The summed E-state index contributed by atoms with van der Waals surface area (Å²) in [6, 6.07) is 9.19. The number of rotatable bonds is 7. The van der Waals surface area contributed by atoms with Crippen LogP contribution >= 0.6 is 28.1 Å². The molecular formula is C21H25BrN2O4S. The van der Waals surface area contributed by atoms with Gasteiger partial charge in [-0.05, 0) is 60.5 Å². The van der Waals surface area contributed by atoms with Gasteiger partial charge in [0.1, 0.15) is 17.2 Å². The van der Waals surface area contributed by atoms with Crippen molar-refractivity contribution >= 4 is 44.9 Å². The number of thiocarbonyl (C=S) groups is 1. The van der Waals surface area contributed by atoms with E-state index in [1.165, 1.54) is 0 Å². The fourth-order valence-electron chi connectivity index (χ4n) is 2.62. The van der Waals surface area contributed by atoms with Gasteiger partial charge in [-0.2, -0.15) is 0 Å². The van der Waals surface area contributed by atoms with Crippen molar-refractivity contribution in [3.8, 4) is 17.2 Å². The Hall–Kier alpha value is -2.32. The normalized spacial score (nSPS) is 10.4. The topological polar surface area (TPSA) is 68.8 Å². The SMILES string of the molecule is COc1ccc(OC)c(NC(=S)NC(=O)COc2cc(C)c(Br)cc2C(C)C)c1. The third kappa shape index (κ3) is 6.33. The van der Waals surface area contributed by atoms with Gasteiger partial charge in [-0.3, -0.25) is 10.1 Å². The summed E-state index contributed by atoms with van der Waals surface area (Å²) < 4.78 is 17.3. The van der Waals surface area contributed by atoms with E-state index < -0.39 is 0 Å². The Bertz CT molecular complexity index is 902. The van der Waals surface area contributed by atoms with Crippen molar-refractivity contribution in [1.29, 1.82) is 0 Å². The van der Waals surface area contributed by atoms with Crippen LogP contribution in [-0.4, -0.2) is 31.8 Å². The molecule has 2 rings (SSSR count). The molecule has 0 unspecified atom stereocenters. The molecule has 6 nitrogen and oxygen atoms in total. The third-order valence-electron chi connectivity index (χ3n) is 4.18. The minimum Gasteiger partial charge on any atom is -0.497 e. The predicted molar refractivity (Wildman–Crippen MR) is 122 cm³/mol. The quantitative estimate of drug-likeness (QED) is 0.555. The smallest absolute Gasteiger partial charge is 0.264 e. The average molecular weight is 481 g/mol. The van der Waals surface area contributed by atoms with Gasteiger partial charge in [0.25, 0.3) is 5.91 Å². The van der Waals surface area contributed by atoms with E-state index in [0.717, 1.165) is 15.6 Å². The number of benzene rings is 2. The second-order valence-electron chi connectivity index (χ2n) is 6.65. The lowest BCUT2D eigenvalue weighted by Gasteiger charge is -2.17. The van der Waals surface area contributed by atoms with Gasteiger partial charge in [0.2, 0.25) is 0 Å². The highest BCUT2D eigenvalue weighted by atomic mass is 79.9. The number of aryl methyl sites for hydroxylation is 1. The third-order valence-corrected chi connectivity index (χ3v) is 5.24. The number of anilines is 1. The molecule has 0 saturated heterocycles. The van der Waals surface area contributed by atoms with E-state index in [9.17, 15) is 4.79 Å². The fourth-order valence-corrected chi connectivity index (χ4v) is 3.20. The summed E-state index contributed by atoms with van der Waals surface area (Å²) in [5.74, 6) is 1.79. The summed E-state index contributed by atoms with van der Waals surface area (Å²) >= 11 is 8.77. The van der Waals surface area contributed by atoms with Gasteiger partial charge in [-0.15, -0.1) is 0 Å². The Morgan fingerprint density at radius 1 is 1.14 bits per heavy atom. The van der Waals surface area contributed by atoms with Crippen molar-refractivity contribution in [1.82, 2.24) is 5.32 Å². The minimum atomic E-state index is -0.361. The van der Waals surface area contributed by atoms with Crippen molar-refractivity contribution in [2.24, 2.45) is 0 Å². The lowest BCUT2D eigenvalue weighted by molar-refractivity contribution is -0.121. The van der Waals surface area contributed by atoms with Crippen LogP contribution < -0.4 is 24.8 Å². The van der Waals surface area contributed by atoms with Crippen molar-refractivity contribution in [2.75, 3.05) is 26.1 Å². The largest absolute Gasteiger partial charge is 0.497 e. The van der Waals surface area contributed by atoms with Gasteiger partial charge in [-0.1, -0.05) is 29.8 Å². The molecule has 2 N–H and O–H groups in total. The zero-order chi connectivity index (χ0) is 21.6. The average Bonchev–Trinajstić information content (AvgIpc) is 2.68. The summed E-state index contributed by atoms with van der Waals surface area (Å²) in [6.45, 7) is 5.97. The van der Waals surface area contributed by atoms with Crippen molar-refractivity contribution in [3.05, 3.63) is 45.9 Å². The Kier molecular flexibility index (Phi) is 8.28. The summed E-state index contributed by atoms with van der Waals surface area (Å²) in [5.41, 5.74) is 2.65. The molecule has 8 heteroatoms. The van der Waals surface area contributed by atoms with E-state index in [4.69, 9.17) is 26.4 Å². The van der Waals surface area contributed by atoms with E-state index >= 15 is 0 Å². The number of ether oxygens (including phenoxy) is 3. The summed E-state index contributed by atoms with van der Waals surface area (Å²) in [7, 11) is 3.12. The zero-order valence-electron chi connectivity index (χ0n) is 17.1. The number of halogens is 1. The Balaban J connectivity index is 2.00. The van der Waals surface area contributed by atoms with Crippen LogP contribution in [0, 0.1) is 6.92 Å². The summed E-state index contributed by atoms with van der Waals surface area (Å²) in [5, 5.41) is 5.70. The molecule has 1 amide bonds. The van der Waals surface area contributed by atoms with Crippen LogP contribution in [0.5, 0.6) is 17.2 Å². The number of carbonyl (C=O) groups is 1. The van der Waals surface area contributed by atoms with Crippen molar-refractivity contribution in [3.63, 3.8) is 0 Å². The van der Waals surface area contributed by atoms with Gasteiger partial charge >= 0.3 is 0 Å². The van der Waals surface area contributed by atoms with Gasteiger partial charge in [0, 0.05) is 10.5 Å². The van der Waals surface area contributed by atoms with Gasteiger partial charge in [-0.25, -0.2) is 0 Å². The minimum absolute atomic E-state index is 0.140. The first-order valence-electron chi connectivity index (χ1n) is 9.00. The molecule has 0 saturated carbocycles. The molecule has 0 aliphatic carbocycles. The van der Waals surface area contributed by atoms with Crippen LogP contribution in [0.25, 0.3) is 0 Å². The molecule has 0 aromatic heterocycles. The molecule has 0 aliphatic rings. The zero-order valence-corrected chi connectivity index (χ0v) is 19.5. The number of hydrogen-bond donors (Lipinski definition) is 2. The van der Waals surface area contributed by atoms with Crippen LogP contribution in [0.1, 0.15) is 30.9 Å². The van der Waals surface area contributed by atoms with E-state index in [0.29, 0.717) is 22.9 Å². The Morgan fingerprint density at radius 3 is 2.48 bits per heavy atom. The first-order valence-corrected chi connectivity index (χ1v) is 10.2.